The summed E-state index contributed by atoms with van der Waals surface area (Å²) >= 11 is 3.44. The van der Waals surface area contributed by atoms with E-state index in [1.807, 2.05) is 60.7 Å². The van der Waals surface area contributed by atoms with Gasteiger partial charge in [-0.25, -0.2) is 0 Å². The van der Waals surface area contributed by atoms with Gasteiger partial charge in [0, 0.05) is 30.9 Å². The maximum absolute atomic E-state index is 12.0. The van der Waals surface area contributed by atoms with E-state index >= 15 is 0 Å². The van der Waals surface area contributed by atoms with Crippen LogP contribution in [0.25, 0.3) is 0 Å². The average Bonchev–Trinajstić information content (AvgIpc) is 2.76. The Morgan fingerprint density at radius 2 is 1.79 bits per heavy atom. The van der Waals surface area contributed by atoms with E-state index in [0.29, 0.717) is 32.6 Å². The monoisotopic (exact) mass is 454 g/mol. The molecule has 3 aromatic rings. The van der Waals surface area contributed by atoms with Crippen molar-refractivity contribution in [2.45, 2.75) is 26.0 Å². The molecule has 29 heavy (non-hydrogen) atoms. The van der Waals surface area contributed by atoms with Gasteiger partial charge in [0.2, 0.25) is 5.91 Å². The maximum Gasteiger partial charge on any atom is 0.220 e. The summed E-state index contributed by atoms with van der Waals surface area (Å²) in [5.74, 6) is 1.59. The first kappa shape index (κ1) is 20.9. The topological polar surface area (TPSA) is 60.5 Å². The van der Waals surface area contributed by atoms with Gasteiger partial charge in [0.15, 0.2) is 0 Å². The van der Waals surface area contributed by atoms with Gasteiger partial charge >= 0.3 is 0 Å². The summed E-state index contributed by atoms with van der Waals surface area (Å²) in [6.45, 7) is 1.47. The molecule has 0 fully saturated rings. The molecule has 5 nitrogen and oxygen atoms in total. The summed E-state index contributed by atoms with van der Waals surface area (Å²) in [5, 5.41) is 2.93. The van der Waals surface area contributed by atoms with E-state index in [-0.39, 0.29) is 5.91 Å². The van der Waals surface area contributed by atoms with Gasteiger partial charge < -0.3 is 14.8 Å². The van der Waals surface area contributed by atoms with Crippen molar-refractivity contribution >= 4 is 21.8 Å². The number of pyridine rings is 1. The molecule has 0 aliphatic carbocycles. The Morgan fingerprint density at radius 3 is 2.55 bits per heavy atom. The Balaban J connectivity index is 1.33. The van der Waals surface area contributed by atoms with Crippen LogP contribution in [0.15, 0.2) is 77.5 Å². The number of carbonyl (C=O) groups is 1. The summed E-state index contributed by atoms with van der Waals surface area (Å²) in [5.41, 5.74) is 2.05. The van der Waals surface area contributed by atoms with Crippen LogP contribution >= 0.6 is 15.9 Å². The summed E-state index contributed by atoms with van der Waals surface area (Å²) < 4.78 is 12.3. The highest BCUT2D eigenvalue weighted by atomic mass is 79.9. The molecule has 1 aromatic heterocycles. The lowest BCUT2D eigenvalue weighted by Crippen LogP contribution is -2.22. The molecule has 0 bridgehead atoms. The summed E-state index contributed by atoms with van der Waals surface area (Å²) in [7, 11) is 0. The second-order valence-electron chi connectivity index (χ2n) is 6.45. The molecule has 3 rings (SSSR count). The Kier molecular flexibility index (Phi) is 8.07. The van der Waals surface area contributed by atoms with E-state index in [4.69, 9.17) is 9.47 Å². The minimum Gasteiger partial charge on any atom is -0.492 e. The van der Waals surface area contributed by atoms with Gasteiger partial charge in [-0.1, -0.05) is 30.3 Å². The second kappa shape index (κ2) is 11.2. The van der Waals surface area contributed by atoms with E-state index in [2.05, 4.69) is 26.2 Å². The predicted octanol–water partition coefficient (Wildman–Crippen LogP) is 4.90. The third kappa shape index (κ3) is 7.23. The first-order valence-corrected chi connectivity index (χ1v) is 10.2. The number of rotatable bonds is 10. The molecule has 0 aliphatic heterocycles. The first-order valence-electron chi connectivity index (χ1n) is 9.45. The SMILES string of the molecule is O=C(CCCOc1ccccc1Br)NCc1ccc(OCc2cccnc2)cc1. The van der Waals surface area contributed by atoms with Crippen LogP contribution in [0.4, 0.5) is 0 Å². The Hall–Kier alpha value is -2.86. The van der Waals surface area contributed by atoms with Gasteiger partial charge in [0.1, 0.15) is 18.1 Å². The zero-order chi connectivity index (χ0) is 20.3. The lowest BCUT2D eigenvalue weighted by molar-refractivity contribution is -0.121. The minimum atomic E-state index is 0.0117. The average molecular weight is 455 g/mol. The quantitative estimate of drug-likeness (QED) is 0.442. The molecule has 1 amide bonds. The van der Waals surface area contributed by atoms with Crippen LogP contribution in [0.3, 0.4) is 0 Å². The highest BCUT2D eigenvalue weighted by Gasteiger charge is 2.04. The maximum atomic E-state index is 12.0. The van der Waals surface area contributed by atoms with Crippen molar-refractivity contribution in [3.05, 3.63) is 88.7 Å². The fourth-order valence-electron chi connectivity index (χ4n) is 2.62. The molecule has 0 saturated heterocycles. The van der Waals surface area contributed by atoms with Crippen LogP contribution in [0.5, 0.6) is 11.5 Å². The fraction of sp³-hybridized carbons (Fsp3) is 0.217. The lowest BCUT2D eigenvalue weighted by Gasteiger charge is -2.09. The highest BCUT2D eigenvalue weighted by Crippen LogP contribution is 2.23. The Morgan fingerprint density at radius 1 is 0.966 bits per heavy atom. The van der Waals surface area contributed by atoms with Crippen LogP contribution in [-0.2, 0) is 17.9 Å². The second-order valence-corrected chi connectivity index (χ2v) is 7.31. The summed E-state index contributed by atoms with van der Waals surface area (Å²) in [6.07, 6.45) is 4.61. The summed E-state index contributed by atoms with van der Waals surface area (Å²) in [4.78, 5) is 16.1. The molecule has 0 saturated carbocycles. The van der Waals surface area contributed by atoms with Gasteiger partial charge in [-0.2, -0.15) is 0 Å². The zero-order valence-corrected chi connectivity index (χ0v) is 17.6. The number of hydrogen-bond donors (Lipinski definition) is 1. The molecule has 0 spiro atoms. The fourth-order valence-corrected chi connectivity index (χ4v) is 3.02. The van der Waals surface area contributed by atoms with Crippen molar-refractivity contribution in [2.24, 2.45) is 0 Å². The number of carbonyl (C=O) groups excluding carboxylic acids is 1. The number of amides is 1. The lowest BCUT2D eigenvalue weighted by atomic mass is 10.2. The van der Waals surface area contributed by atoms with Crippen molar-refractivity contribution in [3.8, 4) is 11.5 Å². The number of para-hydroxylation sites is 1. The van der Waals surface area contributed by atoms with Crippen LogP contribution < -0.4 is 14.8 Å². The number of halogens is 1. The van der Waals surface area contributed by atoms with E-state index in [1.165, 1.54) is 0 Å². The Bertz CT molecular complexity index is 902. The molecule has 6 heteroatoms. The van der Waals surface area contributed by atoms with Crippen LogP contribution in [-0.4, -0.2) is 17.5 Å². The normalized spacial score (nSPS) is 10.4. The third-order valence-electron chi connectivity index (χ3n) is 4.18. The molecule has 150 valence electrons. The van der Waals surface area contributed by atoms with Gasteiger partial charge in [-0.05, 0) is 58.2 Å². The van der Waals surface area contributed by atoms with Crippen molar-refractivity contribution in [3.63, 3.8) is 0 Å². The van der Waals surface area contributed by atoms with E-state index in [0.717, 1.165) is 27.1 Å². The smallest absolute Gasteiger partial charge is 0.220 e. The number of ether oxygens (including phenoxy) is 2. The number of benzene rings is 2. The van der Waals surface area contributed by atoms with Crippen LogP contribution in [0.2, 0.25) is 0 Å². The first-order chi connectivity index (χ1) is 14.2. The molecule has 0 aliphatic rings. The van der Waals surface area contributed by atoms with Crippen molar-refractivity contribution in [1.82, 2.24) is 10.3 Å². The van der Waals surface area contributed by atoms with Gasteiger partial charge in [-0.15, -0.1) is 0 Å². The van der Waals surface area contributed by atoms with E-state index < -0.39 is 0 Å². The van der Waals surface area contributed by atoms with Crippen molar-refractivity contribution in [1.29, 1.82) is 0 Å². The van der Waals surface area contributed by atoms with E-state index in [1.54, 1.807) is 12.4 Å². The van der Waals surface area contributed by atoms with Gasteiger partial charge in [-0.3, -0.25) is 9.78 Å². The highest BCUT2D eigenvalue weighted by molar-refractivity contribution is 9.10. The largest absolute Gasteiger partial charge is 0.492 e. The third-order valence-corrected chi connectivity index (χ3v) is 4.84. The molecular weight excluding hydrogens is 432 g/mol. The van der Waals surface area contributed by atoms with Crippen LogP contribution in [0, 0.1) is 0 Å². The Labute approximate surface area is 179 Å². The van der Waals surface area contributed by atoms with Gasteiger partial charge in [0.05, 0.1) is 11.1 Å². The number of aromatic nitrogens is 1. The van der Waals surface area contributed by atoms with Crippen molar-refractivity contribution < 1.29 is 14.3 Å². The molecule has 0 unspecified atom stereocenters. The van der Waals surface area contributed by atoms with Crippen molar-refractivity contribution in [2.75, 3.05) is 6.61 Å². The summed E-state index contributed by atoms with van der Waals surface area (Å²) in [6, 6.07) is 19.3. The standard InChI is InChI=1S/C23H23BrN2O3/c24-21-6-1-2-7-22(21)28-14-4-8-23(27)26-16-18-9-11-20(12-10-18)29-17-19-5-3-13-25-15-19/h1-3,5-7,9-13,15H,4,8,14,16-17H2,(H,26,27). The number of hydrogen-bond acceptors (Lipinski definition) is 4. The number of nitrogens with zero attached hydrogens (tertiary/aromatic N) is 1. The molecule has 1 N–H and O–H groups in total. The molecule has 1 heterocycles. The molecule has 2 aromatic carbocycles. The predicted molar refractivity (Wildman–Crippen MR) is 116 cm³/mol. The van der Waals surface area contributed by atoms with Gasteiger partial charge in [0.25, 0.3) is 0 Å². The molecule has 0 atom stereocenters. The molecular formula is C23H23BrN2O3. The van der Waals surface area contributed by atoms with E-state index in [9.17, 15) is 4.79 Å². The number of nitrogens with one attached hydrogen (secondary N) is 1. The zero-order valence-electron chi connectivity index (χ0n) is 16.0. The molecule has 0 radical (unpaired) electrons. The van der Waals surface area contributed by atoms with Crippen LogP contribution in [0.1, 0.15) is 24.0 Å². The minimum absolute atomic E-state index is 0.0117.